The highest BCUT2D eigenvalue weighted by Gasteiger charge is 2.20. The van der Waals surface area contributed by atoms with E-state index in [2.05, 4.69) is 29.7 Å². The van der Waals surface area contributed by atoms with Crippen LogP contribution in [-0.2, 0) is 0 Å². The smallest absolute Gasteiger partial charge is 0.132 e. The number of hydrogen-bond donors (Lipinski definition) is 0. The summed E-state index contributed by atoms with van der Waals surface area (Å²) in [6.45, 7) is 5.41. The van der Waals surface area contributed by atoms with E-state index < -0.39 is 0 Å². The van der Waals surface area contributed by atoms with Crippen molar-refractivity contribution < 1.29 is 4.39 Å². The molecule has 1 fully saturated rings. The van der Waals surface area contributed by atoms with Gasteiger partial charge in [-0.3, -0.25) is 4.98 Å². The molecular formula is C25H23FN6. The number of pyridine rings is 2. The van der Waals surface area contributed by atoms with E-state index in [1.54, 1.807) is 24.5 Å². The van der Waals surface area contributed by atoms with Gasteiger partial charge in [0.05, 0.1) is 5.69 Å². The Labute approximate surface area is 186 Å². The Morgan fingerprint density at radius 3 is 2.19 bits per heavy atom. The maximum atomic E-state index is 13.3. The molecule has 0 unspecified atom stereocenters. The van der Waals surface area contributed by atoms with E-state index in [0.717, 1.165) is 66.0 Å². The third-order valence-corrected chi connectivity index (χ3v) is 5.61. The third-order valence-electron chi connectivity index (χ3n) is 5.61. The summed E-state index contributed by atoms with van der Waals surface area (Å²) in [5.74, 6) is 2.39. The molecule has 0 radical (unpaired) electrons. The highest BCUT2D eigenvalue weighted by molar-refractivity contribution is 5.71. The summed E-state index contributed by atoms with van der Waals surface area (Å²) in [7, 11) is 0. The molecule has 0 atom stereocenters. The van der Waals surface area contributed by atoms with E-state index in [1.807, 2.05) is 43.5 Å². The maximum absolute atomic E-state index is 13.3. The van der Waals surface area contributed by atoms with Gasteiger partial charge in [-0.1, -0.05) is 18.2 Å². The third kappa shape index (κ3) is 4.27. The minimum absolute atomic E-state index is 0.253. The lowest BCUT2D eigenvalue weighted by Crippen LogP contribution is -2.47. The maximum Gasteiger partial charge on any atom is 0.132 e. The van der Waals surface area contributed by atoms with Gasteiger partial charge in [-0.2, -0.15) is 0 Å². The molecule has 0 aliphatic carbocycles. The molecule has 1 aromatic carbocycles. The van der Waals surface area contributed by atoms with Crippen molar-refractivity contribution in [3.8, 4) is 22.4 Å². The first kappa shape index (κ1) is 20.1. The molecule has 7 heteroatoms. The monoisotopic (exact) mass is 426 g/mol. The summed E-state index contributed by atoms with van der Waals surface area (Å²) in [5, 5.41) is 0. The summed E-state index contributed by atoms with van der Waals surface area (Å²) in [5.41, 5.74) is 3.57. The van der Waals surface area contributed by atoms with Crippen LogP contribution in [0.25, 0.3) is 22.4 Å². The Bertz CT molecular complexity index is 1200. The van der Waals surface area contributed by atoms with Crippen molar-refractivity contribution in [2.24, 2.45) is 0 Å². The van der Waals surface area contributed by atoms with Crippen LogP contribution in [0.3, 0.4) is 0 Å². The second-order valence-electron chi connectivity index (χ2n) is 7.79. The van der Waals surface area contributed by atoms with Crippen molar-refractivity contribution in [1.29, 1.82) is 0 Å². The Balaban J connectivity index is 1.38. The van der Waals surface area contributed by atoms with Crippen molar-refractivity contribution >= 4 is 11.6 Å². The van der Waals surface area contributed by atoms with Crippen LogP contribution in [-0.4, -0.2) is 46.1 Å². The molecule has 1 saturated heterocycles. The van der Waals surface area contributed by atoms with E-state index in [-0.39, 0.29) is 5.82 Å². The molecule has 0 saturated carbocycles. The van der Waals surface area contributed by atoms with E-state index in [1.165, 1.54) is 12.1 Å². The zero-order valence-electron chi connectivity index (χ0n) is 17.8. The highest BCUT2D eigenvalue weighted by atomic mass is 19.1. The molecule has 32 heavy (non-hydrogen) atoms. The SMILES string of the molecule is Cc1nc(-c2cncc(-c3ccc(F)cc3)c2)cc(N2CCN(c3ccccn3)CC2)n1. The van der Waals surface area contributed by atoms with Crippen LogP contribution in [0.5, 0.6) is 0 Å². The quantitative estimate of drug-likeness (QED) is 0.483. The Morgan fingerprint density at radius 2 is 1.47 bits per heavy atom. The zero-order chi connectivity index (χ0) is 21.9. The lowest BCUT2D eigenvalue weighted by atomic mass is 10.0. The predicted molar refractivity (Wildman–Crippen MR) is 124 cm³/mol. The fourth-order valence-corrected chi connectivity index (χ4v) is 3.95. The molecule has 0 amide bonds. The molecule has 0 bridgehead atoms. The standard InChI is InChI=1S/C25H23FN6/c1-18-29-23(21-14-20(16-27-17-21)19-5-7-22(26)8-6-19)15-25(30-18)32-12-10-31(11-13-32)24-4-2-3-9-28-24/h2-9,14-17H,10-13H2,1H3. The van der Waals surface area contributed by atoms with E-state index in [9.17, 15) is 4.39 Å². The van der Waals surface area contributed by atoms with E-state index >= 15 is 0 Å². The molecule has 6 nitrogen and oxygen atoms in total. The summed E-state index contributed by atoms with van der Waals surface area (Å²) in [4.78, 5) is 22.8. The summed E-state index contributed by atoms with van der Waals surface area (Å²) in [6, 6.07) is 16.5. The van der Waals surface area contributed by atoms with Crippen molar-refractivity contribution in [3.63, 3.8) is 0 Å². The fraction of sp³-hybridized carbons (Fsp3) is 0.200. The second kappa shape index (κ2) is 8.70. The number of rotatable bonds is 4. The van der Waals surface area contributed by atoms with Gasteiger partial charge < -0.3 is 9.80 Å². The van der Waals surface area contributed by atoms with Crippen LogP contribution in [0.2, 0.25) is 0 Å². The molecule has 160 valence electrons. The number of halogens is 1. The van der Waals surface area contributed by atoms with Crippen LogP contribution >= 0.6 is 0 Å². The average molecular weight is 426 g/mol. The largest absolute Gasteiger partial charge is 0.353 e. The highest BCUT2D eigenvalue weighted by Crippen LogP contribution is 2.27. The Morgan fingerprint density at radius 1 is 0.750 bits per heavy atom. The first-order chi connectivity index (χ1) is 15.7. The molecule has 4 aromatic rings. The zero-order valence-corrected chi connectivity index (χ0v) is 17.8. The van der Waals surface area contributed by atoms with Crippen molar-refractivity contribution in [2.75, 3.05) is 36.0 Å². The topological polar surface area (TPSA) is 58.0 Å². The minimum Gasteiger partial charge on any atom is -0.353 e. The molecule has 4 heterocycles. The van der Waals surface area contributed by atoms with Gasteiger partial charge in [0.15, 0.2) is 0 Å². The van der Waals surface area contributed by atoms with E-state index in [4.69, 9.17) is 0 Å². The molecule has 0 N–H and O–H groups in total. The molecule has 5 rings (SSSR count). The normalized spacial score (nSPS) is 13.9. The van der Waals surface area contributed by atoms with Gasteiger partial charge in [-0.05, 0) is 42.8 Å². The van der Waals surface area contributed by atoms with Crippen molar-refractivity contribution in [1.82, 2.24) is 19.9 Å². The average Bonchev–Trinajstić information content (AvgIpc) is 2.85. The summed E-state index contributed by atoms with van der Waals surface area (Å²) < 4.78 is 13.3. The number of hydrogen-bond acceptors (Lipinski definition) is 6. The first-order valence-electron chi connectivity index (χ1n) is 10.6. The van der Waals surface area contributed by atoms with Gasteiger partial charge in [0.25, 0.3) is 0 Å². The van der Waals surface area contributed by atoms with Crippen molar-refractivity contribution in [2.45, 2.75) is 6.92 Å². The van der Waals surface area contributed by atoms with E-state index in [0.29, 0.717) is 0 Å². The number of aromatic nitrogens is 4. The fourth-order valence-electron chi connectivity index (χ4n) is 3.95. The second-order valence-corrected chi connectivity index (χ2v) is 7.79. The molecule has 1 aliphatic rings. The molecule has 0 spiro atoms. The van der Waals surface area contributed by atoms with Gasteiger partial charge in [-0.15, -0.1) is 0 Å². The first-order valence-corrected chi connectivity index (χ1v) is 10.6. The molecular weight excluding hydrogens is 403 g/mol. The van der Waals surface area contributed by atoms with Gasteiger partial charge >= 0.3 is 0 Å². The lowest BCUT2D eigenvalue weighted by Gasteiger charge is -2.36. The number of anilines is 2. The number of piperazine rings is 1. The lowest BCUT2D eigenvalue weighted by molar-refractivity contribution is 0.628. The van der Waals surface area contributed by atoms with Crippen LogP contribution < -0.4 is 9.80 Å². The number of benzene rings is 1. The van der Waals surface area contributed by atoms with Crippen LogP contribution in [0.4, 0.5) is 16.0 Å². The Kier molecular flexibility index (Phi) is 5.46. The molecule has 3 aromatic heterocycles. The number of aryl methyl sites for hydroxylation is 1. The van der Waals surface area contributed by atoms with Crippen LogP contribution in [0.1, 0.15) is 5.82 Å². The predicted octanol–water partition coefficient (Wildman–Crippen LogP) is 4.37. The summed E-state index contributed by atoms with van der Waals surface area (Å²) in [6.07, 6.45) is 5.41. The van der Waals surface area contributed by atoms with Gasteiger partial charge in [0.2, 0.25) is 0 Å². The van der Waals surface area contributed by atoms with Gasteiger partial charge in [-0.25, -0.2) is 19.3 Å². The molecule has 1 aliphatic heterocycles. The summed E-state index contributed by atoms with van der Waals surface area (Å²) >= 11 is 0. The number of nitrogens with zero attached hydrogens (tertiary/aromatic N) is 6. The van der Waals surface area contributed by atoms with Gasteiger partial charge in [0.1, 0.15) is 23.3 Å². The minimum atomic E-state index is -0.253. The Hall–Kier alpha value is -3.87. The van der Waals surface area contributed by atoms with Gasteiger partial charge in [0, 0.05) is 62.0 Å². The van der Waals surface area contributed by atoms with Crippen LogP contribution in [0.15, 0.2) is 73.2 Å². The van der Waals surface area contributed by atoms with Crippen molar-refractivity contribution in [3.05, 3.63) is 84.8 Å². The van der Waals surface area contributed by atoms with Crippen LogP contribution in [0, 0.1) is 12.7 Å².